The monoisotopic (exact) mass is 212 g/mol. The molecular weight excluding hydrogens is 204 g/mol. The Kier molecular flexibility index (Phi) is 3.14. The quantitative estimate of drug-likeness (QED) is 0.783. The number of benzene rings is 1. The van der Waals surface area contributed by atoms with Crippen LogP contribution in [0.2, 0.25) is 5.02 Å². The van der Waals surface area contributed by atoms with Gasteiger partial charge in [-0.1, -0.05) is 30.3 Å². The Bertz CT molecular complexity index is 385. The molecule has 0 aromatic heterocycles. The molecule has 1 rings (SSSR count). The zero-order valence-electron chi connectivity index (χ0n) is 7.58. The molecule has 1 N–H and O–H groups in total. The van der Waals surface area contributed by atoms with Gasteiger partial charge in [-0.2, -0.15) is 0 Å². The lowest BCUT2D eigenvalue weighted by Crippen LogP contribution is -2.00. The van der Waals surface area contributed by atoms with Gasteiger partial charge >= 0.3 is 5.97 Å². The third-order valence-corrected chi connectivity index (χ3v) is 2.05. The zero-order chi connectivity index (χ0) is 10.7. The van der Waals surface area contributed by atoms with Gasteiger partial charge in [0.2, 0.25) is 0 Å². The molecule has 0 fully saturated rings. The van der Waals surface area contributed by atoms with E-state index in [2.05, 4.69) is 6.58 Å². The molecule has 0 aliphatic carbocycles. The van der Waals surface area contributed by atoms with Gasteiger partial charge in [0.05, 0.1) is 17.7 Å². The summed E-state index contributed by atoms with van der Waals surface area (Å²) in [6, 6.07) is 4.87. The molecule has 1 aromatic rings. The van der Waals surface area contributed by atoms with Crippen molar-refractivity contribution in [2.24, 2.45) is 0 Å². The lowest BCUT2D eigenvalue weighted by Gasteiger charge is -2.09. The molecule has 0 saturated carbocycles. The predicted molar refractivity (Wildman–Crippen MR) is 54.7 cm³/mol. The van der Waals surface area contributed by atoms with Gasteiger partial charge in [-0.25, -0.2) is 4.79 Å². The van der Waals surface area contributed by atoms with E-state index in [9.17, 15) is 4.79 Å². The van der Waals surface area contributed by atoms with Crippen LogP contribution in [0.3, 0.4) is 0 Å². The first kappa shape index (κ1) is 10.6. The van der Waals surface area contributed by atoms with Gasteiger partial charge in [0, 0.05) is 5.56 Å². The molecule has 0 bridgehead atoms. The highest BCUT2D eigenvalue weighted by Gasteiger charge is 2.14. The zero-order valence-corrected chi connectivity index (χ0v) is 8.34. The van der Waals surface area contributed by atoms with Crippen molar-refractivity contribution in [2.45, 2.75) is 0 Å². The highest BCUT2D eigenvalue weighted by molar-refractivity contribution is 6.32. The lowest BCUT2D eigenvalue weighted by molar-refractivity contribution is -0.130. The van der Waals surface area contributed by atoms with E-state index in [1.165, 1.54) is 7.11 Å². The molecule has 0 heterocycles. The van der Waals surface area contributed by atoms with E-state index in [0.29, 0.717) is 16.3 Å². The molecule has 0 aliphatic rings. The van der Waals surface area contributed by atoms with Crippen molar-refractivity contribution >= 4 is 23.1 Å². The Hall–Kier alpha value is -1.48. The molecule has 0 atom stereocenters. The van der Waals surface area contributed by atoms with Crippen LogP contribution in [0, 0.1) is 0 Å². The van der Waals surface area contributed by atoms with Gasteiger partial charge in [-0.05, 0) is 6.07 Å². The number of para-hydroxylation sites is 1. The minimum atomic E-state index is -1.09. The van der Waals surface area contributed by atoms with Crippen molar-refractivity contribution < 1.29 is 14.6 Å². The van der Waals surface area contributed by atoms with Crippen LogP contribution in [-0.2, 0) is 4.79 Å². The molecule has 0 spiro atoms. The topological polar surface area (TPSA) is 46.5 Å². The number of hydrogen-bond acceptors (Lipinski definition) is 2. The summed E-state index contributed by atoms with van der Waals surface area (Å²) in [5.41, 5.74) is 0.358. The largest absolute Gasteiger partial charge is 0.495 e. The van der Waals surface area contributed by atoms with Crippen molar-refractivity contribution in [1.29, 1.82) is 0 Å². The van der Waals surface area contributed by atoms with Crippen LogP contribution in [0.4, 0.5) is 0 Å². The van der Waals surface area contributed by atoms with Crippen LogP contribution in [0.5, 0.6) is 5.75 Å². The molecule has 1 aromatic carbocycles. The van der Waals surface area contributed by atoms with Crippen LogP contribution in [-0.4, -0.2) is 18.2 Å². The summed E-state index contributed by atoms with van der Waals surface area (Å²) < 4.78 is 4.99. The van der Waals surface area contributed by atoms with Crippen molar-refractivity contribution in [3.8, 4) is 5.75 Å². The maximum atomic E-state index is 10.7. The van der Waals surface area contributed by atoms with Crippen LogP contribution in [0.25, 0.3) is 5.57 Å². The van der Waals surface area contributed by atoms with Crippen LogP contribution in [0.15, 0.2) is 24.8 Å². The number of halogens is 1. The van der Waals surface area contributed by atoms with E-state index in [4.69, 9.17) is 21.4 Å². The van der Waals surface area contributed by atoms with E-state index < -0.39 is 5.97 Å². The number of hydrogen-bond donors (Lipinski definition) is 1. The number of carboxylic acids is 1. The maximum absolute atomic E-state index is 10.7. The summed E-state index contributed by atoms with van der Waals surface area (Å²) in [5, 5.41) is 9.12. The number of methoxy groups -OCH3 is 1. The van der Waals surface area contributed by atoms with E-state index >= 15 is 0 Å². The van der Waals surface area contributed by atoms with Gasteiger partial charge < -0.3 is 9.84 Å². The Balaban J connectivity index is 3.27. The molecule has 0 aliphatic heterocycles. The number of ether oxygens (including phenoxy) is 1. The molecule has 0 unspecified atom stereocenters. The molecule has 4 heteroatoms. The Labute approximate surface area is 86.6 Å². The Morgan fingerprint density at radius 1 is 1.57 bits per heavy atom. The molecule has 0 saturated heterocycles. The lowest BCUT2D eigenvalue weighted by atomic mass is 10.1. The average Bonchev–Trinajstić information content (AvgIpc) is 2.16. The molecule has 0 amide bonds. The van der Waals surface area contributed by atoms with Gasteiger partial charge in [0.25, 0.3) is 0 Å². The summed E-state index contributed by atoms with van der Waals surface area (Å²) in [7, 11) is 1.43. The molecular formula is C10H9ClO3. The van der Waals surface area contributed by atoms with Gasteiger partial charge in [0.15, 0.2) is 0 Å². The number of carbonyl (C=O) groups is 1. The van der Waals surface area contributed by atoms with E-state index in [1.807, 2.05) is 0 Å². The van der Waals surface area contributed by atoms with Gasteiger partial charge in [-0.3, -0.25) is 0 Å². The Morgan fingerprint density at radius 2 is 2.21 bits per heavy atom. The fourth-order valence-electron chi connectivity index (χ4n) is 1.07. The SMILES string of the molecule is C=C(C(=O)O)c1cccc(Cl)c1OC. The minimum absolute atomic E-state index is 0.0376. The summed E-state index contributed by atoms with van der Waals surface area (Å²) in [6.45, 7) is 3.44. The Morgan fingerprint density at radius 3 is 2.71 bits per heavy atom. The highest BCUT2D eigenvalue weighted by Crippen LogP contribution is 2.32. The maximum Gasteiger partial charge on any atom is 0.335 e. The van der Waals surface area contributed by atoms with Crippen LogP contribution in [0.1, 0.15) is 5.56 Å². The van der Waals surface area contributed by atoms with Crippen molar-refractivity contribution in [1.82, 2.24) is 0 Å². The average molecular weight is 213 g/mol. The molecule has 74 valence electrons. The second-order valence-electron chi connectivity index (χ2n) is 2.60. The summed E-state index contributed by atoms with van der Waals surface area (Å²) in [5.74, 6) is -0.757. The highest BCUT2D eigenvalue weighted by atomic mass is 35.5. The smallest absolute Gasteiger partial charge is 0.335 e. The van der Waals surface area contributed by atoms with E-state index in [1.54, 1.807) is 18.2 Å². The van der Waals surface area contributed by atoms with Gasteiger partial charge in [-0.15, -0.1) is 0 Å². The number of carboxylic acid groups (broad SMARTS) is 1. The fourth-order valence-corrected chi connectivity index (χ4v) is 1.32. The van der Waals surface area contributed by atoms with Crippen LogP contribution >= 0.6 is 11.6 Å². The summed E-state index contributed by atoms with van der Waals surface area (Å²) in [4.78, 5) is 10.7. The van der Waals surface area contributed by atoms with E-state index in [0.717, 1.165) is 0 Å². The van der Waals surface area contributed by atoms with Crippen molar-refractivity contribution in [3.05, 3.63) is 35.4 Å². The first-order valence-corrected chi connectivity index (χ1v) is 4.20. The second-order valence-corrected chi connectivity index (χ2v) is 3.01. The first-order chi connectivity index (χ1) is 6.57. The van der Waals surface area contributed by atoms with Gasteiger partial charge in [0.1, 0.15) is 5.75 Å². The normalized spacial score (nSPS) is 9.57. The van der Waals surface area contributed by atoms with Crippen molar-refractivity contribution in [2.75, 3.05) is 7.11 Å². The summed E-state index contributed by atoms with van der Waals surface area (Å²) in [6.07, 6.45) is 0. The first-order valence-electron chi connectivity index (χ1n) is 3.83. The predicted octanol–water partition coefficient (Wildman–Crippen LogP) is 2.45. The van der Waals surface area contributed by atoms with Crippen molar-refractivity contribution in [3.63, 3.8) is 0 Å². The van der Waals surface area contributed by atoms with Crippen LogP contribution < -0.4 is 4.74 Å². The molecule has 14 heavy (non-hydrogen) atoms. The number of rotatable bonds is 3. The number of aliphatic carboxylic acids is 1. The second kappa shape index (κ2) is 4.15. The summed E-state index contributed by atoms with van der Waals surface area (Å²) >= 11 is 5.82. The van der Waals surface area contributed by atoms with E-state index in [-0.39, 0.29) is 5.57 Å². The molecule has 3 nitrogen and oxygen atoms in total. The fraction of sp³-hybridized carbons (Fsp3) is 0.100. The standard InChI is InChI=1S/C10H9ClO3/c1-6(10(12)13)7-4-3-5-8(11)9(7)14-2/h3-5H,1H2,2H3,(H,12,13). The third kappa shape index (κ3) is 1.88. The molecule has 0 radical (unpaired) electrons. The third-order valence-electron chi connectivity index (χ3n) is 1.75. The minimum Gasteiger partial charge on any atom is -0.495 e.